The Morgan fingerprint density at radius 2 is 1.34 bits per heavy atom. The Morgan fingerprint density at radius 3 is 1.80 bits per heavy atom. The van der Waals surface area contributed by atoms with Crippen LogP contribution in [0.2, 0.25) is 0 Å². The summed E-state index contributed by atoms with van der Waals surface area (Å²) in [7, 11) is 4.07. The highest BCUT2D eigenvalue weighted by Gasteiger charge is 2.28. The Labute approximate surface area is 264 Å². The maximum Gasteiger partial charge on any atom is 0.269 e. The highest BCUT2D eigenvalue weighted by atomic mass is 16.6. The van der Waals surface area contributed by atoms with Gasteiger partial charge in [-0.3, -0.25) is 25.0 Å². The quantitative estimate of drug-likeness (QED) is 0.281. The van der Waals surface area contributed by atoms with Gasteiger partial charge in [-0.15, -0.1) is 0 Å². The minimum absolute atomic E-state index is 0.131. The van der Waals surface area contributed by atoms with Crippen LogP contribution in [0.25, 0.3) is 0 Å². The molecule has 246 valence electrons. The van der Waals surface area contributed by atoms with Crippen LogP contribution >= 0.6 is 0 Å². The summed E-state index contributed by atoms with van der Waals surface area (Å²) in [6.45, 7) is 18.5. The molecule has 0 spiro atoms. The first kappa shape index (κ1) is 38.5. The van der Waals surface area contributed by atoms with Gasteiger partial charge in [-0.1, -0.05) is 46.8 Å². The van der Waals surface area contributed by atoms with Crippen LogP contribution in [0.15, 0.2) is 48.5 Å². The van der Waals surface area contributed by atoms with Crippen LogP contribution in [0.1, 0.15) is 58.9 Å². The van der Waals surface area contributed by atoms with Gasteiger partial charge in [0.25, 0.3) is 5.69 Å². The fourth-order valence-electron chi connectivity index (χ4n) is 4.60. The topological polar surface area (TPSA) is 120 Å². The second-order valence-corrected chi connectivity index (χ2v) is 9.97. The number of rotatable bonds is 5. The maximum atomic E-state index is 11.9. The summed E-state index contributed by atoms with van der Waals surface area (Å²) < 4.78 is 5.23. The molecule has 3 saturated heterocycles. The highest BCUT2D eigenvalue weighted by Crippen LogP contribution is 2.27. The van der Waals surface area contributed by atoms with Crippen molar-refractivity contribution in [2.45, 2.75) is 53.4 Å². The molecular formula is C33H54N6O5. The number of imide groups is 1. The van der Waals surface area contributed by atoms with Crippen molar-refractivity contribution in [3.8, 4) is 0 Å². The summed E-state index contributed by atoms with van der Waals surface area (Å²) >= 11 is 0. The molecule has 5 rings (SSSR count). The van der Waals surface area contributed by atoms with Gasteiger partial charge >= 0.3 is 0 Å². The summed E-state index contributed by atoms with van der Waals surface area (Å²) in [5, 5.41) is 15.8. The Hall–Kier alpha value is -3.54. The molecule has 3 aliphatic heterocycles. The predicted octanol–water partition coefficient (Wildman–Crippen LogP) is 4.67. The number of nitrogens with one attached hydrogen (secondary N) is 2. The molecule has 3 heterocycles. The first-order valence-electron chi connectivity index (χ1n) is 15.9. The number of amides is 2. The molecule has 2 aromatic rings. The summed E-state index contributed by atoms with van der Waals surface area (Å²) in [4.78, 5) is 40.0. The molecule has 2 N–H and O–H groups in total. The molecule has 44 heavy (non-hydrogen) atoms. The van der Waals surface area contributed by atoms with Crippen molar-refractivity contribution in [1.29, 1.82) is 0 Å². The fourth-order valence-corrected chi connectivity index (χ4v) is 4.60. The van der Waals surface area contributed by atoms with Crippen LogP contribution in [-0.4, -0.2) is 94.8 Å². The second kappa shape index (κ2) is 22.0. The monoisotopic (exact) mass is 614 g/mol. The molecule has 0 aromatic heterocycles. The third kappa shape index (κ3) is 13.0. The zero-order chi connectivity index (χ0) is 32.9. The fraction of sp³-hybridized carbons (Fsp3) is 0.576. The number of piperazine rings is 1. The van der Waals surface area contributed by atoms with Gasteiger partial charge < -0.3 is 24.8 Å². The van der Waals surface area contributed by atoms with Crippen molar-refractivity contribution in [1.82, 2.24) is 15.5 Å². The number of anilines is 2. The smallest absolute Gasteiger partial charge is 0.269 e. The van der Waals surface area contributed by atoms with Gasteiger partial charge in [0.1, 0.15) is 0 Å². The van der Waals surface area contributed by atoms with E-state index in [0.29, 0.717) is 12.8 Å². The van der Waals surface area contributed by atoms with Crippen molar-refractivity contribution >= 4 is 28.9 Å². The van der Waals surface area contributed by atoms with Crippen molar-refractivity contribution in [2.24, 2.45) is 0 Å². The van der Waals surface area contributed by atoms with Gasteiger partial charge in [-0.05, 0) is 56.9 Å². The van der Waals surface area contributed by atoms with Gasteiger partial charge in [0.15, 0.2) is 0 Å². The van der Waals surface area contributed by atoms with E-state index in [0.717, 1.165) is 70.3 Å². The zero-order valence-corrected chi connectivity index (χ0v) is 27.8. The molecule has 3 fully saturated rings. The molecule has 11 heteroatoms. The minimum atomic E-state index is -0.386. The number of carbonyl (C=O) groups excluding carboxylic acids is 2. The predicted molar refractivity (Wildman–Crippen MR) is 180 cm³/mol. The Bertz CT molecular complexity index is 1080. The number of nitrogens with zero attached hydrogens (tertiary/aromatic N) is 4. The molecule has 2 amide bonds. The minimum Gasteiger partial charge on any atom is -0.378 e. The maximum absolute atomic E-state index is 11.9. The summed E-state index contributed by atoms with van der Waals surface area (Å²) in [5.41, 5.74) is 3.35. The number of piperidine rings is 1. The highest BCUT2D eigenvalue weighted by molar-refractivity contribution is 6.00. The number of benzene rings is 2. The lowest BCUT2D eigenvalue weighted by molar-refractivity contribution is -0.384. The third-order valence-corrected chi connectivity index (χ3v) is 7.19. The van der Waals surface area contributed by atoms with Crippen LogP contribution in [0, 0.1) is 10.1 Å². The van der Waals surface area contributed by atoms with Gasteiger partial charge in [-0.25, -0.2) is 0 Å². The molecule has 2 aromatic carbocycles. The Morgan fingerprint density at radius 1 is 0.864 bits per heavy atom. The van der Waals surface area contributed by atoms with E-state index in [4.69, 9.17) is 4.74 Å². The number of nitro benzene ring substituents is 1. The average molecular weight is 615 g/mol. The second-order valence-electron chi connectivity index (χ2n) is 9.97. The molecule has 0 bridgehead atoms. The molecule has 1 atom stereocenters. The van der Waals surface area contributed by atoms with Gasteiger partial charge in [0.2, 0.25) is 11.8 Å². The van der Waals surface area contributed by atoms with E-state index in [2.05, 4.69) is 51.4 Å². The normalized spacial score (nSPS) is 18.0. The molecule has 0 aliphatic carbocycles. The standard InChI is InChI=1S/C16H21N3O2.C10H12N2O3.C3H9N.2C2H6/c1-18-8-10-19(11-9-18)13-4-2-12(3-5-13)14-6-7-15(20)17-16(14)21;13-12(14)10-3-1-9(2-4-10)11-5-7-15-8-6-11;1-3-4-2;2*1-2/h2-5,14H,6-11H2,1H3,(H,17,20,21);1-4H,5-8H2;4H,3H2,1-2H3;2*1-2H3. The summed E-state index contributed by atoms with van der Waals surface area (Å²) in [6, 6.07) is 14.8. The number of likely N-dealkylation sites (N-methyl/N-ethyl adjacent to an activating group) is 1. The number of hydrogen-bond acceptors (Lipinski definition) is 9. The van der Waals surface area contributed by atoms with Crippen molar-refractivity contribution < 1.29 is 19.2 Å². The van der Waals surface area contributed by atoms with E-state index < -0.39 is 0 Å². The zero-order valence-electron chi connectivity index (χ0n) is 27.8. The van der Waals surface area contributed by atoms with Crippen LogP contribution in [-0.2, 0) is 14.3 Å². The SMILES string of the molecule is CC.CC.CCNC.CN1CCN(c2ccc(C3CCC(=O)NC3=O)cc2)CC1.O=[N+]([O-])c1ccc(N2CCOCC2)cc1. The van der Waals surface area contributed by atoms with Crippen LogP contribution in [0.5, 0.6) is 0 Å². The summed E-state index contributed by atoms with van der Waals surface area (Å²) in [6.07, 6.45) is 1.04. The van der Waals surface area contributed by atoms with Crippen molar-refractivity contribution in [2.75, 3.05) is 82.9 Å². The molecule has 0 radical (unpaired) electrons. The van der Waals surface area contributed by atoms with Crippen LogP contribution in [0.3, 0.4) is 0 Å². The lowest BCUT2D eigenvalue weighted by Gasteiger charge is -2.34. The number of hydrogen-bond donors (Lipinski definition) is 2. The molecule has 3 aliphatic rings. The molecule has 0 saturated carbocycles. The van der Waals surface area contributed by atoms with Crippen LogP contribution < -0.4 is 20.4 Å². The Balaban J connectivity index is 0.000000368. The first-order chi connectivity index (χ1) is 21.3. The molecular weight excluding hydrogens is 560 g/mol. The van der Waals surface area contributed by atoms with Crippen LogP contribution in [0.4, 0.5) is 17.1 Å². The number of non-ortho nitro benzene ring substituents is 1. The van der Waals surface area contributed by atoms with Gasteiger partial charge in [-0.2, -0.15) is 0 Å². The van der Waals surface area contributed by atoms with E-state index in [1.165, 1.54) is 17.8 Å². The number of ether oxygens (including phenoxy) is 1. The van der Waals surface area contributed by atoms with Gasteiger partial charge in [0, 0.05) is 69.2 Å². The number of carbonyl (C=O) groups is 2. The van der Waals surface area contributed by atoms with E-state index in [1.54, 1.807) is 12.1 Å². The molecule has 11 nitrogen and oxygen atoms in total. The molecule has 1 unspecified atom stereocenters. The van der Waals surface area contributed by atoms with Crippen molar-refractivity contribution in [3.63, 3.8) is 0 Å². The summed E-state index contributed by atoms with van der Waals surface area (Å²) in [5.74, 6) is -0.520. The Kier molecular flexibility index (Phi) is 19.3. The van der Waals surface area contributed by atoms with E-state index in [-0.39, 0.29) is 28.3 Å². The largest absolute Gasteiger partial charge is 0.378 e. The van der Waals surface area contributed by atoms with E-state index in [9.17, 15) is 19.7 Å². The third-order valence-electron chi connectivity index (χ3n) is 7.19. The average Bonchev–Trinajstić information content (AvgIpc) is 3.08. The lowest BCUT2D eigenvalue weighted by atomic mass is 9.90. The number of morpholine rings is 1. The van der Waals surface area contributed by atoms with E-state index >= 15 is 0 Å². The van der Waals surface area contributed by atoms with E-state index in [1.807, 2.05) is 46.9 Å². The van der Waals surface area contributed by atoms with Gasteiger partial charge in [0.05, 0.1) is 24.1 Å². The lowest BCUT2D eigenvalue weighted by Crippen LogP contribution is -2.44. The number of nitro groups is 1. The van der Waals surface area contributed by atoms with Crippen molar-refractivity contribution in [3.05, 3.63) is 64.2 Å². The first-order valence-corrected chi connectivity index (χ1v) is 15.9.